The molecule has 1 N–H and O–H groups in total. The quantitative estimate of drug-likeness (QED) is 0.836. The summed E-state index contributed by atoms with van der Waals surface area (Å²) in [7, 11) is -3.92. The zero-order valence-corrected chi connectivity index (χ0v) is 10.5. The third-order valence-electron chi connectivity index (χ3n) is 2.22. The molecule has 0 saturated heterocycles. The molecule has 1 aromatic rings. The maximum absolute atomic E-state index is 12.0. The van der Waals surface area contributed by atoms with Gasteiger partial charge in [0.05, 0.1) is 4.90 Å². The highest BCUT2D eigenvalue weighted by Gasteiger charge is 2.25. The number of hydrogen-bond donors (Lipinski definition) is 1. The molecule has 0 fully saturated rings. The van der Waals surface area contributed by atoms with Gasteiger partial charge in [0.2, 0.25) is 9.84 Å². The summed E-state index contributed by atoms with van der Waals surface area (Å²) >= 11 is 0. The Labute approximate surface area is 101 Å². The van der Waals surface area contributed by atoms with Crippen molar-refractivity contribution in [2.75, 3.05) is 0 Å². The largest absolute Gasteiger partial charge is 0.477 e. The van der Waals surface area contributed by atoms with Crippen LogP contribution in [-0.4, -0.2) is 19.5 Å². The van der Waals surface area contributed by atoms with Crippen LogP contribution in [0, 0.1) is 6.92 Å². The lowest BCUT2D eigenvalue weighted by Crippen LogP contribution is -2.13. The fourth-order valence-corrected chi connectivity index (χ4v) is 2.71. The topological polar surface area (TPSA) is 71.4 Å². The summed E-state index contributed by atoms with van der Waals surface area (Å²) in [5.41, 5.74) is 0.917. The van der Waals surface area contributed by atoms with Gasteiger partial charge in [0.15, 0.2) is 4.91 Å². The molecule has 0 spiro atoms. The summed E-state index contributed by atoms with van der Waals surface area (Å²) in [5, 5.41) is 8.91. The van der Waals surface area contributed by atoms with Gasteiger partial charge in [-0.15, -0.1) is 0 Å². The molecule has 0 aliphatic rings. The Morgan fingerprint density at radius 2 is 1.82 bits per heavy atom. The van der Waals surface area contributed by atoms with E-state index in [1.807, 2.05) is 6.92 Å². The van der Waals surface area contributed by atoms with E-state index in [-0.39, 0.29) is 4.90 Å². The fourth-order valence-electron chi connectivity index (χ4n) is 1.34. The van der Waals surface area contributed by atoms with Crippen LogP contribution in [0.2, 0.25) is 0 Å². The van der Waals surface area contributed by atoms with E-state index in [9.17, 15) is 13.2 Å². The van der Waals surface area contributed by atoms with Gasteiger partial charge in [0.25, 0.3) is 0 Å². The molecular formula is C12H14O4S. The second-order valence-electron chi connectivity index (χ2n) is 3.60. The number of aliphatic carboxylic acids is 1. The highest BCUT2D eigenvalue weighted by molar-refractivity contribution is 7.96. The number of benzene rings is 1. The lowest BCUT2D eigenvalue weighted by atomic mass is 10.2. The Morgan fingerprint density at radius 1 is 1.29 bits per heavy atom. The Balaban J connectivity index is 3.32. The Hall–Kier alpha value is -1.62. The molecule has 1 rings (SSSR count). The maximum atomic E-state index is 12.0. The molecule has 0 saturated carbocycles. The normalized spacial score (nSPS) is 12.5. The van der Waals surface area contributed by atoms with Crippen molar-refractivity contribution >= 4 is 15.8 Å². The Morgan fingerprint density at radius 3 is 2.24 bits per heavy atom. The van der Waals surface area contributed by atoms with E-state index < -0.39 is 20.7 Å². The van der Waals surface area contributed by atoms with Crippen molar-refractivity contribution in [1.29, 1.82) is 0 Å². The standard InChI is InChI=1S/C12H14O4S/c1-3-4-11(12(13)14)17(15,16)10-7-5-9(2)6-8-10/h4-8H,3H2,1-2H3,(H,13,14). The number of rotatable bonds is 4. The monoisotopic (exact) mass is 254 g/mol. The minimum Gasteiger partial charge on any atom is -0.477 e. The van der Waals surface area contributed by atoms with E-state index in [1.54, 1.807) is 19.1 Å². The zero-order chi connectivity index (χ0) is 13.1. The van der Waals surface area contributed by atoms with Gasteiger partial charge in [-0.1, -0.05) is 30.7 Å². The molecule has 92 valence electrons. The highest BCUT2D eigenvalue weighted by atomic mass is 32.2. The molecule has 0 aliphatic heterocycles. The van der Waals surface area contributed by atoms with E-state index in [0.29, 0.717) is 6.42 Å². The van der Waals surface area contributed by atoms with Crippen molar-refractivity contribution in [3.8, 4) is 0 Å². The lowest BCUT2D eigenvalue weighted by Gasteiger charge is -2.05. The van der Waals surface area contributed by atoms with E-state index in [0.717, 1.165) is 5.56 Å². The van der Waals surface area contributed by atoms with Gasteiger partial charge in [-0.05, 0) is 25.5 Å². The van der Waals surface area contributed by atoms with Crippen molar-refractivity contribution < 1.29 is 18.3 Å². The summed E-state index contributed by atoms with van der Waals surface area (Å²) < 4.78 is 24.1. The number of aryl methyl sites for hydroxylation is 1. The average Bonchev–Trinajstić information content (AvgIpc) is 2.25. The highest BCUT2D eigenvalue weighted by Crippen LogP contribution is 2.20. The molecule has 5 heteroatoms. The van der Waals surface area contributed by atoms with Gasteiger partial charge >= 0.3 is 5.97 Å². The van der Waals surface area contributed by atoms with Crippen LogP contribution in [0.25, 0.3) is 0 Å². The molecule has 17 heavy (non-hydrogen) atoms. The van der Waals surface area contributed by atoms with Crippen LogP contribution < -0.4 is 0 Å². The van der Waals surface area contributed by atoms with Crippen molar-refractivity contribution in [2.45, 2.75) is 25.2 Å². The van der Waals surface area contributed by atoms with Crippen LogP contribution in [0.1, 0.15) is 18.9 Å². The molecule has 0 heterocycles. The molecule has 0 aliphatic carbocycles. The molecule has 0 atom stereocenters. The van der Waals surface area contributed by atoms with E-state index >= 15 is 0 Å². The minimum absolute atomic E-state index is 0.00481. The second-order valence-corrected chi connectivity index (χ2v) is 5.52. The van der Waals surface area contributed by atoms with Crippen molar-refractivity contribution in [3.05, 3.63) is 40.8 Å². The van der Waals surface area contributed by atoms with Crippen molar-refractivity contribution in [2.24, 2.45) is 0 Å². The van der Waals surface area contributed by atoms with Crippen LogP contribution in [0.4, 0.5) is 0 Å². The lowest BCUT2D eigenvalue weighted by molar-refractivity contribution is -0.131. The number of allylic oxidation sites excluding steroid dienone is 1. The number of carboxylic acid groups (broad SMARTS) is 1. The van der Waals surface area contributed by atoms with E-state index in [4.69, 9.17) is 5.11 Å². The summed E-state index contributed by atoms with van der Waals surface area (Å²) in [5.74, 6) is -1.42. The summed E-state index contributed by atoms with van der Waals surface area (Å²) in [6.07, 6.45) is 1.56. The van der Waals surface area contributed by atoms with Crippen molar-refractivity contribution in [1.82, 2.24) is 0 Å². The molecule has 0 radical (unpaired) electrons. The third-order valence-corrected chi connectivity index (χ3v) is 4.03. The van der Waals surface area contributed by atoms with E-state index in [2.05, 4.69) is 0 Å². The molecular weight excluding hydrogens is 240 g/mol. The minimum atomic E-state index is -3.92. The average molecular weight is 254 g/mol. The molecule has 4 nitrogen and oxygen atoms in total. The molecule has 0 amide bonds. The first-order chi connectivity index (χ1) is 7.89. The van der Waals surface area contributed by atoms with Crippen molar-refractivity contribution in [3.63, 3.8) is 0 Å². The molecule has 1 aromatic carbocycles. The Bertz CT molecular complexity index is 538. The molecule has 0 aromatic heterocycles. The first kappa shape index (κ1) is 13.4. The number of carbonyl (C=O) groups is 1. The first-order valence-corrected chi connectivity index (χ1v) is 6.63. The van der Waals surface area contributed by atoms with Crippen LogP contribution in [-0.2, 0) is 14.6 Å². The first-order valence-electron chi connectivity index (χ1n) is 5.14. The fraction of sp³-hybridized carbons (Fsp3) is 0.250. The predicted molar refractivity (Wildman–Crippen MR) is 64.4 cm³/mol. The van der Waals surface area contributed by atoms with Gasteiger partial charge in [0.1, 0.15) is 0 Å². The van der Waals surface area contributed by atoms with Crippen LogP contribution in [0.3, 0.4) is 0 Å². The summed E-state index contributed by atoms with van der Waals surface area (Å²) in [4.78, 5) is 10.4. The number of carboxylic acids is 1. The van der Waals surface area contributed by atoms with Crippen LogP contribution in [0.5, 0.6) is 0 Å². The van der Waals surface area contributed by atoms with Gasteiger partial charge in [-0.25, -0.2) is 13.2 Å². The number of hydrogen-bond acceptors (Lipinski definition) is 3. The predicted octanol–water partition coefficient (Wildman–Crippen LogP) is 2.15. The summed E-state index contributed by atoms with van der Waals surface area (Å²) in [6.45, 7) is 3.52. The third kappa shape index (κ3) is 2.94. The van der Waals surface area contributed by atoms with Gasteiger partial charge < -0.3 is 5.11 Å². The maximum Gasteiger partial charge on any atom is 0.347 e. The zero-order valence-electron chi connectivity index (χ0n) is 9.67. The van der Waals surface area contributed by atoms with Gasteiger partial charge in [-0.3, -0.25) is 0 Å². The molecule has 0 bridgehead atoms. The number of sulfone groups is 1. The van der Waals surface area contributed by atoms with Crippen LogP contribution >= 0.6 is 0 Å². The van der Waals surface area contributed by atoms with Gasteiger partial charge in [-0.2, -0.15) is 0 Å². The van der Waals surface area contributed by atoms with E-state index in [1.165, 1.54) is 18.2 Å². The molecule has 0 unspecified atom stereocenters. The SMILES string of the molecule is CCC=C(C(=O)O)S(=O)(=O)c1ccc(C)cc1. The Kier molecular flexibility index (Phi) is 4.07. The van der Waals surface area contributed by atoms with Gasteiger partial charge in [0, 0.05) is 0 Å². The van der Waals surface area contributed by atoms with Crippen LogP contribution in [0.15, 0.2) is 40.1 Å². The smallest absolute Gasteiger partial charge is 0.347 e. The summed E-state index contributed by atoms with van der Waals surface area (Å²) in [6, 6.07) is 6.10. The second kappa shape index (κ2) is 5.14.